The summed E-state index contributed by atoms with van der Waals surface area (Å²) in [6.45, 7) is -0.238. The van der Waals surface area contributed by atoms with Gasteiger partial charge in [-0.15, -0.1) is 0 Å². The molecule has 0 spiro atoms. The van der Waals surface area contributed by atoms with E-state index in [-0.39, 0.29) is 24.4 Å². The number of allylic oxidation sites excluding steroid dienone is 2. The van der Waals surface area contributed by atoms with Gasteiger partial charge >= 0.3 is 5.97 Å². The van der Waals surface area contributed by atoms with Gasteiger partial charge in [0.1, 0.15) is 0 Å². The summed E-state index contributed by atoms with van der Waals surface area (Å²) in [5, 5.41) is 2.71. The quantitative estimate of drug-likeness (QED) is 0.671. The molecule has 3 unspecified atom stereocenters. The number of benzene rings is 1. The fourth-order valence-electron chi connectivity index (χ4n) is 3.04. The average Bonchev–Trinajstić information content (AvgIpc) is 3.10. The molecule has 1 aromatic rings. The predicted molar refractivity (Wildman–Crippen MR) is 82.6 cm³/mol. The van der Waals surface area contributed by atoms with Gasteiger partial charge in [-0.05, 0) is 52.7 Å². The summed E-state index contributed by atoms with van der Waals surface area (Å²) in [6, 6.07) is 7.31. The Bertz CT molecular complexity index is 599. The highest BCUT2D eigenvalue weighted by Gasteiger charge is 2.40. The predicted octanol–water partition coefficient (Wildman–Crippen LogP) is 3.14. The molecule has 2 aliphatic carbocycles. The van der Waals surface area contributed by atoms with Crippen molar-refractivity contribution in [3.05, 3.63) is 40.9 Å². The number of amides is 1. The molecule has 0 aliphatic heterocycles. The van der Waals surface area contributed by atoms with Crippen LogP contribution < -0.4 is 5.32 Å². The van der Waals surface area contributed by atoms with E-state index in [9.17, 15) is 9.59 Å². The number of esters is 1. The first-order valence-electron chi connectivity index (χ1n) is 7.03. The van der Waals surface area contributed by atoms with Gasteiger partial charge in [0.2, 0.25) is 0 Å². The molecule has 1 aromatic carbocycles. The van der Waals surface area contributed by atoms with Crippen molar-refractivity contribution in [1.82, 2.24) is 0 Å². The van der Waals surface area contributed by atoms with Crippen LogP contribution in [0.5, 0.6) is 0 Å². The smallest absolute Gasteiger partial charge is 0.310 e. The first-order chi connectivity index (χ1) is 10.1. The zero-order valence-corrected chi connectivity index (χ0v) is 13.0. The number of carbonyl (C=O) groups is 2. The summed E-state index contributed by atoms with van der Waals surface area (Å²) in [6.07, 6.45) is 6.17. The lowest BCUT2D eigenvalue weighted by Crippen LogP contribution is -2.26. The molecule has 1 saturated carbocycles. The van der Waals surface area contributed by atoms with Crippen molar-refractivity contribution in [3.63, 3.8) is 0 Å². The van der Waals surface area contributed by atoms with E-state index in [1.54, 1.807) is 6.07 Å². The highest BCUT2D eigenvalue weighted by Crippen LogP contribution is 2.43. The minimum Gasteiger partial charge on any atom is -0.455 e. The normalized spacial score (nSPS) is 25.9. The Morgan fingerprint density at radius 2 is 2.05 bits per heavy atom. The lowest BCUT2D eigenvalue weighted by molar-refractivity contribution is -0.152. The Hall–Kier alpha value is -1.62. The van der Waals surface area contributed by atoms with Crippen LogP contribution in [0.15, 0.2) is 40.9 Å². The van der Waals surface area contributed by atoms with Gasteiger partial charge in [-0.2, -0.15) is 0 Å². The summed E-state index contributed by atoms with van der Waals surface area (Å²) < 4.78 is 5.95. The van der Waals surface area contributed by atoms with Crippen LogP contribution in [0.4, 0.5) is 5.69 Å². The van der Waals surface area contributed by atoms with E-state index in [1.807, 2.05) is 18.2 Å². The lowest BCUT2D eigenvalue weighted by Gasteiger charge is -2.16. The number of rotatable bonds is 4. The van der Waals surface area contributed by atoms with Crippen LogP contribution in [0.25, 0.3) is 0 Å². The van der Waals surface area contributed by atoms with E-state index >= 15 is 0 Å². The van der Waals surface area contributed by atoms with Crippen molar-refractivity contribution in [2.45, 2.75) is 12.8 Å². The number of hydrogen-bond acceptors (Lipinski definition) is 3. The van der Waals surface area contributed by atoms with E-state index in [4.69, 9.17) is 4.74 Å². The van der Waals surface area contributed by atoms with Crippen molar-refractivity contribution in [1.29, 1.82) is 0 Å². The maximum Gasteiger partial charge on any atom is 0.310 e. The standard InChI is InChI=1S/C16H16BrNO3/c17-13-3-1-2-4-14(13)18-15(19)9-21-16(20)12-8-10-5-6-11(12)7-10/h1-6,10-12H,7-9H2,(H,18,19). The number of hydrogen-bond donors (Lipinski definition) is 1. The fourth-order valence-corrected chi connectivity index (χ4v) is 3.43. The molecule has 1 N–H and O–H groups in total. The minimum absolute atomic E-state index is 0.0729. The van der Waals surface area contributed by atoms with Gasteiger partial charge in [0.05, 0.1) is 11.6 Å². The molecule has 110 valence electrons. The Kier molecular flexibility index (Phi) is 4.10. The van der Waals surface area contributed by atoms with E-state index in [1.165, 1.54) is 0 Å². The summed E-state index contributed by atoms with van der Waals surface area (Å²) in [7, 11) is 0. The largest absolute Gasteiger partial charge is 0.455 e. The SMILES string of the molecule is O=C(COC(=O)C1CC2C=CC1C2)Nc1ccccc1Br. The molecular formula is C16H16BrNO3. The fraction of sp³-hybridized carbons (Fsp3) is 0.375. The van der Waals surface area contributed by atoms with Gasteiger partial charge < -0.3 is 10.1 Å². The van der Waals surface area contributed by atoms with Crippen LogP contribution in [0.3, 0.4) is 0 Å². The van der Waals surface area contributed by atoms with E-state index in [2.05, 4.69) is 33.4 Å². The van der Waals surface area contributed by atoms with E-state index in [0.717, 1.165) is 17.3 Å². The Morgan fingerprint density at radius 3 is 2.71 bits per heavy atom. The maximum absolute atomic E-state index is 12.0. The van der Waals surface area contributed by atoms with E-state index in [0.29, 0.717) is 17.5 Å². The van der Waals surface area contributed by atoms with Crippen LogP contribution in [0, 0.1) is 17.8 Å². The molecule has 2 bridgehead atoms. The molecule has 0 saturated heterocycles. The first kappa shape index (κ1) is 14.3. The van der Waals surface area contributed by atoms with Crippen LogP contribution in [0.1, 0.15) is 12.8 Å². The van der Waals surface area contributed by atoms with Crippen molar-refractivity contribution < 1.29 is 14.3 Å². The monoisotopic (exact) mass is 349 g/mol. The number of anilines is 1. The molecule has 1 fully saturated rings. The second-order valence-electron chi connectivity index (χ2n) is 5.52. The highest BCUT2D eigenvalue weighted by atomic mass is 79.9. The average molecular weight is 350 g/mol. The Morgan fingerprint density at radius 1 is 1.24 bits per heavy atom. The number of para-hydroxylation sites is 1. The van der Waals surface area contributed by atoms with Gasteiger partial charge in [0.15, 0.2) is 6.61 Å². The molecule has 3 rings (SSSR count). The summed E-state index contributed by atoms with van der Waals surface area (Å²) >= 11 is 3.35. The zero-order valence-electron chi connectivity index (χ0n) is 11.4. The molecule has 4 nitrogen and oxygen atoms in total. The third-order valence-corrected chi connectivity index (χ3v) is 4.77. The lowest BCUT2D eigenvalue weighted by atomic mass is 9.94. The summed E-state index contributed by atoms with van der Waals surface area (Å²) in [5.41, 5.74) is 0.668. The Balaban J connectivity index is 1.49. The Labute approximate surface area is 131 Å². The van der Waals surface area contributed by atoms with Gasteiger partial charge in [0, 0.05) is 4.47 Å². The molecule has 1 amide bonds. The highest BCUT2D eigenvalue weighted by molar-refractivity contribution is 9.10. The molecule has 3 atom stereocenters. The van der Waals surface area contributed by atoms with Crippen molar-refractivity contribution in [2.24, 2.45) is 17.8 Å². The molecule has 0 heterocycles. The third kappa shape index (κ3) is 3.18. The summed E-state index contributed by atoms with van der Waals surface area (Å²) in [5.74, 6) is 0.162. The minimum atomic E-state index is -0.325. The molecule has 5 heteroatoms. The molecule has 21 heavy (non-hydrogen) atoms. The summed E-state index contributed by atoms with van der Waals surface area (Å²) in [4.78, 5) is 23.8. The molecular weight excluding hydrogens is 334 g/mol. The number of ether oxygens (including phenoxy) is 1. The van der Waals surface area contributed by atoms with Crippen molar-refractivity contribution in [2.75, 3.05) is 11.9 Å². The van der Waals surface area contributed by atoms with Gasteiger partial charge in [-0.1, -0.05) is 24.3 Å². The molecule has 0 aromatic heterocycles. The van der Waals surface area contributed by atoms with Gasteiger partial charge in [0.25, 0.3) is 5.91 Å². The third-order valence-electron chi connectivity index (χ3n) is 4.08. The van der Waals surface area contributed by atoms with Crippen molar-refractivity contribution >= 4 is 33.5 Å². The first-order valence-corrected chi connectivity index (χ1v) is 7.82. The van der Waals surface area contributed by atoms with E-state index < -0.39 is 0 Å². The number of nitrogens with one attached hydrogen (secondary N) is 1. The van der Waals surface area contributed by atoms with Crippen LogP contribution in [-0.4, -0.2) is 18.5 Å². The number of fused-ring (bicyclic) bond motifs is 2. The van der Waals surface area contributed by atoms with Crippen LogP contribution in [0.2, 0.25) is 0 Å². The van der Waals surface area contributed by atoms with Crippen molar-refractivity contribution in [3.8, 4) is 0 Å². The second kappa shape index (κ2) is 6.02. The molecule has 2 aliphatic rings. The second-order valence-corrected chi connectivity index (χ2v) is 6.38. The number of carbonyl (C=O) groups excluding carboxylic acids is 2. The van der Waals surface area contributed by atoms with Gasteiger partial charge in [-0.3, -0.25) is 9.59 Å². The van der Waals surface area contributed by atoms with Gasteiger partial charge in [-0.25, -0.2) is 0 Å². The topological polar surface area (TPSA) is 55.4 Å². The van der Waals surface area contributed by atoms with Crippen LogP contribution in [-0.2, 0) is 14.3 Å². The zero-order chi connectivity index (χ0) is 14.8. The van der Waals surface area contributed by atoms with Crippen LogP contribution >= 0.6 is 15.9 Å². The molecule has 0 radical (unpaired) electrons. The maximum atomic E-state index is 12.0. The number of halogens is 1.